The Morgan fingerprint density at radius 2 is 2.00 bits per heavy atom. The van der Waals surface area contributed by atoms with Gasteiger partial charge < -0.3 is 20.1 Å². The van der Waals surface area contributed by atoms with Crippen LogP contribution in [0, 0.1) is 0 Å². The second-order valence-corrected chi connectivity index (χ2v) is 7.59. The lowest BCUT2D eigenvalue weighted by molar-refractivity contribution is 0.0943. The molecule has 1 aromatic heterocycles. The number of amides is 1. The van der Waals surface area contributed by atoms with Gasteiger partial charge in [0.15, 0.2) is 11.5 Å². The van der Waals surface area contributed by atoms with Crippen molar-refractivity contribution in [3.63, 3.8) is 0 Å². The van der Waals surface area contributed by atoms with Crippen LogP contribution in [0.3, 0.4) is 0 Å². The van der Waals surface area contributed by atoms with Crippen molar-refractivity contribution >= 4 is 28.3 Å². The van der Waals surface area contributed by atoms with E-state index in [0.29, 0.717) is 0 Å². The predicted octanol–water partition coefficient (Wildman–Crippen LogP) is 3.55. The van der Waals surface area contributed by atoms with E-state index in [9.17, 15) is 4.79 Å². The standard InChI is InChI=1S/C19H18N2O3S/c22-18-17-12-3-1-2-4-15(12)25-19(17)21-16(20-18)8-6-11-5-7-13-14(9-11)24-10-23-13/h5-9,16,21H,1-4,10H2,(H,20,22). The minimum Gasteiger partial charge on any atom is -0.454 e. The van der Waals surface area contributed by atoms with Crippen molar-refractivity contribution in [2.24, 2.45) is 0 Å². The molecule has 2 N–H and O–H groups in total. The summed E-state index contributed by atoms with van der Waals surface area (Å²) in [4.78, 5) is 14.0. The van der Waals surface area contributed by atoms with Crippen molar-refractivity contribution in [3.8, 4) is 11.5 Å². The van der Waals surface area contributed by atoms with E-state index in [2.05, 4.69) is 10.6 Å². The van der Waals surface area contributed by atoms with Crippen LogP contribution in [0.15, 0.2) is 24.3 Å². The first-order chi connectivity index (χ1) is 12.3. The van der Waals surface area contributed by atoms with Crippen LogP contribution in [0.4, 0.5) is 5.00 Å². The zero-order valence-electron chi connectivity index (χ0n) is 13.6. The van der Waals surface area contributed by atoms with Gasteiger partial charge in [0.1, 0.15) is 11.2 Å². The maximum Gasteiger partial charge on any atom is 0.256 e. The topological polar surface area (TPSA) is 59.6 Å². The molecule has 0 bridgehead atoms. The number of rotatable bonds is 2. The highest BCUT2D eigenvalue weighted by Gasteiger charge is 2.30. The second-order valence-electron chi connectivity index (χ2n) is 6.48. The lowest BCUT2D eigenvalue weighted by Gasteiger charge is -2.24. The van der Waals surface area contributed by atoms with E-state index in [-0.39, 0.29) is 18.9 Å². The third-order valence-corrected chi connectivity index (χ3v) is 6.07. The Morgan fingerprint density at radius 1 is 1.12 bits per heavy atom. The van der Waals surface area contributed by atoms with Crippen LogP contribution in [0.5, 0.6) is 11.5 Å². The first kappa shape index (κ1) is 14.8. The molecule has 0 fully saturated rings. The minimum absolute atomic E-state index is 0.0356. The molecule has 0 saturated carbocycles. The number of ether oxygens (including phenoxy) is 2. The fourth-order valence-electron chi connectivity index (χ4n) is 3.62. The third kappa shape index (κ3) is 2.57. The molecular formula is C19H18N2O3S. The summed E-state index contributed by atoms with van der Waals surface area (Å²) in [6.45, 7) is 0.272. The monoisotopic (exact) mass is 354 g/mol. The van der Waals surface area contributed by atoms with E-state index in [4.69, 9.17) is 9.47 Å². The number of thiophene rings is 1. The Kier molecular flexibility index (Phi) is 3.45. The molecule has 3 heterocycles. The Hall–Kier alpha value is -2.47. The third-order valence-electron chi connectivity index (χ3n) is 4.85. The van der Waals surface area contributed by atoms with E-state index in [1.54, 1.807) is 11.3 Å². The molecule has 5 nitrogen and oxygen atoms in total. The molecule has 3 aliphatic rings. The van der Waals surface area contributed by atoms with E-state index < -0.39 is 0 Å². The first-order valence-corrected chi connectivity index (χ1v) is 9.39. The van der Waals surface area contributed by atoms with Crippen molar-refractivity contribution in [2.75, 3.05) is 12.1 Å². The summed E-state index contributed by atoms with van der Waals surface area (Å²) >= 11 is 1.74. The molecule has 1 unspecified atom stereocenters. The van der Waals surface area contributed by atoms with Gasteiger partial charge in [-0.2, -0.15) is 0 Å². The summed E-state index contributed by atoms with van der Waals surface area (Å²) in [5, 5.41) is 7.51. The molecule has 1 aliphatic carbocycles. The highest BCUT2D eigenvalue weighted by molar-refractivity contribution is 7.16. The molecule has 1 amide bonds. The van der Waals surface area contributed by atoms with E-state index in [0.717, 1.165) is 40.5 Å². The normalized spacial score (nSPS) is 20.8. The largest absolute Gasteiger partial charge is 0.454 e. The molecule has 0 radical (unpaired) electrons. The number of nitrogens with one attached hydrogen (secondary N) is 2. The maximum absolute atomic E-state index is 12.6. The number of benzene rings is 1. The van der Waals surface area contributed by atoms with Gasteiger partial charge in [-0.3, -0.25) is 4.79 Å². The summed E-state index contributed by atoms with van der Waals surface area (Å²) < 4.78 is 10.7. The quantitative estimate of drug-likeness (QED) is 0.866. The first-order valence-electron chi connectivity index (χ1n) is 8.58. The molecule has 128 valence electrons. The summed E-state index contributed by atoms with van der Waals surface area (Å²) in [5.41, 5.74) is 3.14. The second kappa shape index (κ2) is 5.81. The highest BCUT2D eigenvalue weighted by Crippen LogP contribution is 2.40. The smallest absolute Gasteiger partial charge is 0.256 e. The molecule has 25 heavy (non-hydrogen) atoms. The number of hydrogen-bond donors (Lipinski definition) is 2. The van der Waals surface area contributed by atoms with Crippen LogP contribution in [-0.2, 0) is 12.8 Å². The molecule has 2 aliphatic heterocycles. The molecule has 1 atom stereocenters. The van der Waals surface area contributed by atoms with Crippen molar-refractivity contribution in [1.29, 1.82) is 0 Å². The van der Waals surface area contributed by atoms with Gasteiger partial charge in [-0.1, -0.05) is 12.1 Å². The Bertz CT molecular complexity index is 887. The number of fused-ring (bicyclic) bond motifs is 4. The number of aryl methyl sites for hydroxylation is 1. The number of carbonyl (C=O) groups is 1. The lowest BCUT2D eigenvalue weighted by atomic mass is 9.94. The summed E-state index contributed by atoms with van der Waals surface area (Å²) in [6.07, 6.45) is 8.27. The van der Waals surface area contributed by atoms with E-state index >= 15 is 0 Å². The zero-order valence-corrected chi connectivity index (χ0v) is 14.4. The minimum atomic E-state index is -0.203. The number of anilines is 1. The van der Waals surface area contributed by atoms with Crippen molar-refractivity contribution in [1.82, 2.24) is 5.32 Å². The maximum atomic E-state index is 12.6. The van der Waals surface area contributed by atoms with Gasteiger partial charge in [-0.25, -0.2) is 0 Å². The van der Waals surface area contributed by atoms with Crippen molar-refractivity contribution < 1.29 is 14.3 Å². The van der Waals surface area contributed by atoms with Crippen LogP contribution < -0.4 is 20.1 Å². The molecule has 5 rings (SSSR count). The molecule has 6 heteroatoms. The van der Waals surface area contributed by atoms with Gasteiger partial charge >= 0.3 is 0 Å². The van der Waals surface area contributed by atoms with Crippen LogP contribution in [0.25, 0.3) is 6.08 Å². The zero-order chi connectivity index (χ0) is 16.8. The predicted molar refractivity (Wildman–Crippen MR) is 97.4 cm³/mol. The van der Waals surface area contributed by atoms with Gasteiger partial charge in [-0.15, -0.1) is 11.3 Å². The van der Waals surface area contributed by atoms with Crippen LogP contribution >= 0.6 is 11.3 Å². The van der Waals surface area contributed by atoms with Crippen LogP contribution in [0.1, 0.15) is 39.2 Å². The number of carbonyl (C=O) groups excluding carboxylic acids is 1. The van der Waals surface area contributed by atoms with Gasteiger partial charge in [0.25, 0.3) is 5.91 Å². The number of hydrogen-bond acceptors (Lipinski definition) is 5. The average molecular weight is 354 g/mol. The lowest BCUT2D eigenvalue weighted by Crippen LogP contribution is -2.43. The van der Waals surface area contributed by atoms with Crippen LogP contribution in [-0.4, -0.2) is 18.9 Å². The molecular weight excluding hydrogens is 336 g/mol. The van der Waals surface area contributed by atoms with Gasteiger partial charge in [0.05, 0.1) is 5.56 Å². The Balaban J connectivity index is 1.38. The molecule has 0 saturated heterocycles. The van der Waals surface area contributed by atoms with Crippen LogP contribution in [0.2, 0.25) is 0 Å². The Labute approximate surface area is 149 Å². The fraction of sp³-hybridized carbons (Fsp3) is 0.316. The molecule has 0 spiro atoms. The van der Waals surface area contributed by atoms with Gasteiger partial charge in [0, 0.05) is 4.88 Å². The summed E-state index contributed by atoms with van der Waals surface area (Å²) in [5.74, 6) is 1.57. The van der Waals surface area contributed by atoms with Gasteiger partial charge in [0.2, 0.25) is 6.79 Å². The summed E-state index contributed by atoms with van der Waals surface area (Å²) in [6, 6.07) is 5.82. The van der Waals surface area contributed by atoms with E-state index in [1.165, 1.54) is 23.3 Å². The van der Waals surface area contributed by atoms with Crippen molar-refractivity contribution in [3.05, 3.63) is 45.8 Å². The molecule has 1 aromatic carbocycles. The van der Waals surface area contributed by atoms with Gasteiger partial charge in [-0.05, 0) is 55.0 Å². The van der Waals surface area contributed by atoms with E-state index in [1.807, 2.05) is 30.4 Å². The summed E-state index contributed by atoms with van der Waals surface area (Å²) in [7, 11) is 0. The Morgan fingerprint density at radius 3 is 2.96 bits per heavy atom. The highest BCUT2D eigenvalue weighted by atomic mass is 32.1. The van der Waals surface area contributed by atoms with Crippen molar-refractivity contribution in [2.45, 2.75) is 31.8 Å². The molecule has 2 aromatic rings. The average Bonchev–Trinajstić information content (AvgIpc) is 3.23. The SMILES string of the molecule is O=C1NC(C=Cc2ccc3c(c2)OCO3)Nc2sc3c(c21)CCCC3. The fourth-order valence-corrected chi connectivity index (χ4v) is 4.94.